The van der Waals surface area contributed by atoms with Crippen LogP contribution in [0.5, 0.6) is 0 Å². The molecule has 7 nitrogen and oxygen atoms in total. The summed E-state index contributed by atoms with van der Waals surface area (Å²) in [5, 5.41) is 0. The first-order chi connectivity index (χ1) is 13.2. The molecule has 3 heterocycles. The SMILES string of the molecule is O=C(Cn1cccnc1=O)N1C[C@H]2COC[C@@H]1CN(Cc1ccccc1)C2. The number of nitrogens with zero attached hydrogens (tertiary/aromatic N) is 4. The highest BCUT2D eigenvalue weighted by molar-refractivity contribution is 5.76. The molecule has 142 valence electrons. The van der Waals surface area contributed by atoms with E-state index in [2.05, 4.69) is 34.1 Å². The Labute approximate surface area is 158 Å². The van der Waals surface area contributed by atoms with Crippen LogP contribution >= 0.6 is 0 Å². The molecule has 0 spiro atoms. The summed E-state index contributed by atoms with van der Waals surface area (Å²) in [5.41, 5.74) is 0.878. The van der Waals surface area contributed by atoms with Gasteiger partial charge in [0.05, 0.1) is 19.3 Å². The largest absolute Gasteiger partial charge is 0.379 e. The Morgan fingerprint density at radius 3 is 2.78 bits per heavy atom. The number of fused-ring (bicyclic) bond motifs is 3. The molecule has 7 heteroatoms. The highest BCUT2D eigenvalue weighted by Crippen LogP contribution is 2.21. The van der Waals surface area contributed by atoms with Crippen molar-refractivity contribution < 1.29 is 9.53 Å². The Hall–Kier alpha value is -2.51. The zero-order valence-corrected chi connectivity index (χ0v) is 15.2. The van der Waals surface area contributed by atoms with Crippen LogP contribution in [-0.2, 0) is 22.6 Å². The zero-order chi connectivity index (χ0) is 18.6. The summed E-state index contributed by atoms with van der Waals surface area (Å²) in [6, 6.07) is 12.1. The third-order valence-corrected chi connectivity index (χ3v) is 5.20. The van der Waals surface area contributed by atoms with E-state index >= 15 is 0 Å². The zero-order valence-electron chi connectivity index (χ0n) is 15.2. The average molecular weight is 368 g/mol. The minimum Gasteiger partial charge on any atom is -0.379 e. The number of ether oxygens (including phenoxy) is 1. The van der Waals surface area contributed by atoms with E-state index in [1.165, 1.54) is 16.3 Å². The van der Waals surface area contributed by atoms with Gasteiger partial charge in [0.1, 0.15) is 6.54 Å². The molecule has 0 unspecified atom stereocenters. The Morgan fingerprint density at radius 1 is 1.11 bits per heavy atom. The summed E-state index contributed by atoms with van der Waals surface area (Å²) in [7, 11) is 0. The quantitative estimate of drug-likeness (QED) is 0.791. The number of rotatable bonds is 4. The van der Waals surface area contributed by atoms with Crippen LogP contribution in [0.25, 0.3) is 0 Å². The van der Waals surface area contributed by atoms with Crippen molar-refractivity contribution in [1.29, 1.82) is 0 Å². The lowest BCUT2D eigenvalue weighted by Crippen LogP contribution is -2.48. The van der Waals surface area contributed by atoms with Crippen molar-refractivity contribution in [3.8, 4) is 0 Å². The predicted molar refractivity (Wildman–Crippen MR) is 100 cm³/mol. The molecule has 0 saturated carbocycles. The summed E-state index contributed by atoms with van der Waals surface area (Å²) in [5.74, 6) is 0.225. The van der Waals surface area contributed by atoms with Crippen LogP contribution in [0.2, 0.25) is 0 Å². The minimum atomic E-state index is -0.398. The molecule has 2 atom stereocenters. The van der Waals surface area contributed by atoms with Crippen molar-refractivity contribution >= 4 is 5.91 Å². The van der Waals surface area contributed by atoms with E-state index in [9.17, 15) is 9.59 Å². The second kappa shape index (κ2) is 8.02. The number of carbonyl (C=O) groups excluding carboxylic acids is 1. The topological polar surface area (TPSA) is 67.7 Å². The standard InChI is InChI=1S/C20H24N4O3/c25-19(13-23-8-4-7-21-20(23)26)24-11-17-10-22(12-18(24)15-27-14-17)9-16-5-2-1-3-6-16/h1-8,17-18H,9-15H2/t17-,18-/m0/s1. The maximum absolute atomic E-state index is 12.9. The van der Waals surface area contributed by atoms with Gasteiger partial charge in [0, 0.05) is 44.5 Å². The van der Waals surface area contributed by atoms with Crippen LogP contribution < -0.4 is 5.69 Å². The number of hydrogen-bond donors (Lipinski definition) is 0. The summed E-state index contributed by atoms with van der Waals surface area (Å²) in [6.45, 7) is 4.45. The van der Waals surface area contributed by atoms with Crippen molar-refractivity contribution in [3.63, 3.8) is 0 Å². The molecule has 4 rings (SSSR count). The van der Waals surface area contributed by atoms with Gasteiger partial charge >= 0.3 is 5.69 Å². The van der Waals surface area contributed by atoms with Gasteiger partial charge in [-0.25, -0.2) is 9.78 Å². The molecule has 2 saturated heterocycles. The van der Waals surface area contributed by atoms with E-state index in [4.69, 9.17) is 4.74 Å². The van der Waals surface area contributed by atoms with Crippen LogP contribution in [-0.4, -0.2) is 64.1 Å². The van der Waals surface area contributed by atoms with E-state index in [1.54, 1.807) is 12.3 Å². The molecule has 27 heavy (non-hydrogen) atoms. The lowest BCUT2D eigenvalue weighted by atomic mass is 10.1. The molecule has 1 aromatic carbocycles. The molecule has 0 aliphatic carbocycles. The van der Waals surface area contributed by atoms with Gasteiger partial charge in [-0.05, 0) is 11.6 Å². The monoisotopic (exact) mass is 368 g/mol. The number of benzene rings is 1. The van der Waals surface area contributed by atoms with Crippen molar-refractivity contribution in [3.05, 3.63) is 64.8 Å². The minimum absolute atomic E-state index is 0.00101. The predicted octanol–water partition coefficient (Wildman–Crippen LogP) is 0.603. The molecular formula is C20H24N4O3. The number of amides is 1. The molecule has 2 aromatic rings. The van der Waals surface area contributed by atoms with E-state index < -0.39 is 5.69 Å². The Kier molecular flexibility index (Phi) is 5.31. The van der Waals surface area contributed by atoms with Crippen molar-refractivity contribution in [1.82, 2.24) is 19.4 Å². The van der Waals surface area contributed by atoms with Gasteiger partial charge in [-0.15, -0.1) is 0 Å². The van der Waals surface area contributed by atoms with Gasteiger partial charge in [-0.1, -0.05) is 30.3 Å². The van der Waals surface area contributed by atoms with E-state index in [1.807, 2.05) is 11.0 Å². The normalized spacial score (nSPS) is 23.0. The number of carbonyl (C=O) groups is 1. The van der Waals surface area contributed by atoms with Gasteiger partial charge in [0.2, 0.25) is 5.91 Å². The lowest BCUT2D eigenvalue weighted by Gasteiger charge is -2.31. The third-order valence-electron chi connectivity index (χ3n) is 5.20. The second-order valence-electron chi connectivity index (χ2n) is 7.31. The highest BCUT2D eigenvalue weighted by Gasteiger charge is 2.35. The summed E-state index contributed by atoms with van der Waals surface area (Å²) in [4.78, 5) is 32.8. The fourth-order valence-electron chi connectivity index (χ4n) is 3.96. The molecule has 2 fully saturated rings. The lowest BCUT2D eigenvalue weighted by molar-refractivity contribution is -0.134. The van der Waals surface area contributed by atoms with Crippen molar-refractivity contribution in [2.45, 2.75) is 19.1 Å². The molecule has 2 aliphatic rings. The number of aromatic nitrogens is 2. The molecule has 0 N–H and O–H groups in total. The first-order valence-corrected chi connectivity index (χ1v) is 9.34. The molecule has 1 aromatic heterocycles. The van der Waals surface area contributed by atoms with Crippen LogP contribution in [0.15, 0.2) is 53.6 Å². The van der Waals surface area contributed by atoms with Gasteiger partial charge in [0.25, 0.3) is 0 Å². The van der Waals surface area contributed by atoms with Crippen LogP contribution in [0.1, 0.15) is 5.56 Å². The van der Waals surface area contributed by atoms with Crippen LogP contribution in [0, 0.1) is 5.92 Å². The van der Waals surface area contributed by atoms with E-state index in [0.717, 1.165) is 19.6 Å². The van der Waals surface area contributed by atoms with Crippen molar-refractivity contribution in [2.75, 3.05) is 32.8 Å². The summed E-state index contributed by atoms with van der Waals surface area (Å²) >= 11 is 0. The summed E-state index contributed by atoms with van der Waals surface area (Å²) in [6.07, 6.45) is 3.05. The fraction of sp³-hybridized carbons (Fsp3) is 0.450. The Bertz CT molecular complexity index is 838. The maximum Gasteiger partial charge on any atom is 0.347 e. The van der Waals surface area contributed by atoms with Crippen LogP contribution in [0.3, 0.4) is 0 Å². The van der Waals surface area contributed by atoms with Gasteiger partial charge in [-0.3, -0.25) is 14.3 Å². The van der Waals surface area contributed by atoms with Crippen LogP contribution in [0.4, 0.5) is 0 Å². The maximum atomic E-state index is 12.9. The van der Waals surface area contributed by atoms with Gasteiger partial charge in [-0.2, -0.15) is 0 Å². The fourth-order valence-corrected chi connectivity index (χ4v) is 3.96. The first kappa shape index (κ1) is 17.9. The molecular weight excluding hydrogens is 344 g/mol. The smallest absolute Gasteiger partial charge is 0.347 e. The third kappa shape index (κ3) is 4.26. The average Bonchev–Trinajstić information content (AvgIpc) is 2.95. The molecule has 0 radical (unpaired) electrons. The van der Waals surface area contributed by atoms with E-state index in [0.29, 0.717) is 19.8 Å². The number of hydrogen-bond acceptors (Lipinski definition) is 5. The summed E-state index contributed by atoms with van der Waals surface area (Å²) < 4.78 is 7.17. The van der Waals surface area contributed by atoms with Crippen molar-refractivity contribution in [2.24, 2.45) is 5.92 Å². The second-order valence-corrected chi connectivity index (χ2v) is 7.31. The Morgan fingerprint density at radius 2 is 1.96 bits per heavy atom. The highest BCUT2D eigenvalue weighted by atomic mass is 16.5. The van der Waals surface area contributed by atoms with Gasteiger partial charge in [0.15, 0.2) is 0 Å². The molecule has 2 aliphatic heterocycles. The molecule has 1 amide bonds. The first-order valence-electron chi connectivity index (χ1n) is 9.34. The Balaban J connectivity index is 1.49. The van der Waals surface area contributed by atoms with Gasteiger partial charge < -0.3 is 9.64 Å². The molecule has 2 bridgehead atoms. The van der Waals surface area contributed by atoms with E-state index in [-0.39, 0.29) is 24.4 Å².